The molecule has 0 aromatic carbocycles. The van der Waals surface area contributed by atoms with E-state index in [2.05, 4.69) is 34.9 Å². The third-order valence-electron chi connectivity index (χ3n) is 16.3. The van der Waals surface area contributed by atoms with Gasteiger partial charge in [-0.2, -0.15) is 0 Å². The Hall–Kier alpha value is -6.77. The molecule has 6 aromatic rings. The molecule has 0 saturated carbocycles. The molecule has 98 heavy (non-hydrogen) atoms. The topological polar surface area (TPSA) is 599 Å². The molecule has 11 rings (SSSR count). The highest BCUT2D eigenvalue weighted by Gasteiger charge is 2.50. The van der Waals surface area contributed by atoms with Gasteiger partial charge < -0.3 is 59.2 Å². The highest BCUT2D eigenvalue weighted by Crippen LogP contribution is 2.55. The molecule has 6 aromatic heterocycles. The molecule has 0 bridgehead atoms. The fourth-order valence-electron chi connectivity index (χ4n) is 11.3. The van der Waals surface area contributed by atoms with Crippen molar-refractivity contribution in [3.8, 4) is 0 Å². The maximum Gasteiger partial charge on any atom is 0.472 e. The predicted molar refractivity (Wildman–Crippen MR) is 322 cm³/mol. The minimum Gasteiger partial charge on any atom is -0.394 e. The molecule has 44 nitrogen and oxygen atoms in total. The standard InChI is InChI=1S/C50H65N13O31P4/c1-21-10-59(47(70)55-43(21)66)35-5-25(65)31(87-35)15-82-95(74,75)94-29-9-39(63-20-54-40-41(51)52-19-53-42(40)63)90-34(29)18-85-98(80,81)93-28-8-38(62-13-24(4)46(69)58-50(62)73)89-33(28)17-84-97(78,79)92-27-7-37(61-12-23(3)45(68)57-49(61)72)88-32(27)16-83-96(76,77)91-26-6-36(86-30(26)14-64)60-11-22(2)44(67)56-48(60)71/h10-13,19-20,25-39,64-65H,5-9,14-18H2,1-4H3,(H,74,75)(H,76,77)(H,78,79)(H,80,81)(H2,51,52,53)(H,55,66,70)(H,56,67,71)(H,57,68,72)(H,58,69,73)/t25-,26-,27-,28-,29-,30+,31+,32+,33+,34+,35+,36+,37+,38+,39+/m0/s1. The molecule has 11 heterocycles. The molecule has 12 N–H and O–H groups in total. The Balaban J connectivity index is 0.784. The van der Waals surface area contributed by atoms with Gasteiger partial charge >= 0.3 is 54.0 Å². The van der Waals surface area contributed by atoms with E-state index in [4.69, 9.17) is 65.6 Å². The molecule has 19 atom stereocenters. The number of nitrogens with zero attached hydrogens (tertiary/aromatic N) is 8. The minimum atomic E-state index is -5.55. The monoisotopic (exact) mass is 1470 g/mol. The predicted octanol–water partition coefficient (Wildman–Crippen LogP) is -2.36. The number of aliphatic hydroxyl groups excluding tert-OH is 2. The summed E-state index contributed by atoms with van der Waals surface area (Å²) < 4.78 is 134. The van der Waals surface area contributed by atoms with E-state index in [1.807, 2.05) is 0 Å². The number of nitrogens with one attached hydrogen (secondary N) is 4. The van der Waals surface area contributed by atoms with Gasteiger partial charge in [0.1, 0.15) is 97.9 Å². The first-order valence-corrected chi connectivity index (χ1v) is 35.5. The second-order valence-corrected chi connectivity index (χ2v) is 28.8. The highest BCUT2D eigenvalue weighted by molar-refractivity contribution is 7.48. The lowest BCUT2D eigenvalue weighted by atomic mass is 10.2. The van der Waals surface area contributed by atoms with E-state index in [0.717, 1.165) is 37.0 Å². The van der Waals surface area contributed by atoms with Crippen LogP contribution in [0.5, 0.6) is 0 Å². The number of imidazole rings is 1. The number of nitrogen functional groups attached to an aromatic ring is 1. The number of hydrogen-bond donors (Lipinski definition) is 11. The molecule has 0 amide bonds. The van der Waals surface area contributed by atoms with Crippen LogP contribution in [0.4, 0.5) is 5.82 Å². The molecule has 0 aliphatic carbocycles. The van der Waals surface area contributed by atoms with Crippen LogP contribution >= 0.6 is 31.3 Å². The SMILES string of the molecule is Cc1cn([C@H]2C[C@H](OP(=O)(O)OC[C@H]3O[C@@H](n4cc(C)c(=O)[nH]c4=O)C[C@@H]3OP(=O)(O)OC[C@H]3O[C@@H](n4cc(C)c(=O)[nH]c4=O)C[C@@H]3OP(=O)(O)OC[C@H]3O[C@@H](n4cnc5c(N)ncnc54)C[C@@H]3OP(=O)(O)OC[C@H]3O[C@@H](n4cc(C)c(=O)[nH]c4=O)C[C@@H]3O)[C@@H](CO)O2)c(=O)[nH]c1=O. The van der Waals surface area contributed by atoms with Crippen LogP contribution in [-0.4, -0.2) is 182 Å². The van der Waals surface area contributed by atoms with Crippen molar-refractivity contribution in [2.45, 2.75) is 152 Å². The van der Waals surface area contributed by atoms with Gasteiger partial charge in [0.2, 0.25) is 0 Å². The fraction of sp³-hybridized carbons (Fsp3) is 0.580. The third-order valence-corrected chi connectivity index (χ3v) is 20.4. The number of aryl methyl sites for hydroxylation is 4. The van der Waals surface area contributed by atoms with Crippen LogP contribution in [0.15, 0.2) is 75.8 Å². The first-order valence-electron chi connectivity index (χ1n) is 29.5. The van der Waals surface area contributed by atoms with Crippen LogP contribution in [0.25, 0.3) is 11.2 Å². The number of nitrogens with two attached hydrogens (primary N) is 1. The first-order chi connectivity index (χ1) is 46.1. The van der Waals surface area contributed by atoms with Gasteiger partial charge in [0, 0.05) is 79.1 Å². The van der Waals surface area contributed by atoms with Crippen LogP contribution in [0, 0.1) is 27.7 Å². The molecule has 0 spiro atoms. The maximum absolute atomic E-state index is 14.2. The van der Waals surface area contributed by atoms with Crippen LogP contribution in [0.2, 0.25) is 0 Å². The number of aromatic amines is 4. The van der Waals surface area contributed by atoms with Crippen LogP contribution in [-0.2, 0) is 78.1 Å². The largest absolute Gasteiger partial charge is 0.472 e. The molecule has 0 radical (unpaired) electrons. The van der Waals surface area contributed by atoms with Gasteiger partial charge in [-0.1, -0.05) is 0 Å². The fourth-order valence-corrected chi connectivity index (χ4v) is 15.2. The molecule has 5 saturated heterocycles. The van der Waals surface area contributed by atoms with E-state index in [1.165, 1.54) is 51.0 Å². The molecular formula is C50H65N13O31P4. The van der Waals surface area contributed by atoms with Crippen LogP contribution in [0.1, 0.15) is 85.5 Å². The number of hydrogen-bond acceptors (Lipinski definition) is 31. The number of ether oxygens (including phenoxy) is 5. The molecular weight excluding hydrogens is 1400 g/mol. The van der Waals surface area contributed by atoms with Crippen LogP contribution < -0.4 is 50.7 Å². The summed E-state index contributed by atoms with van der Waals surface area (Å²) in [7, 11) is -21.6. The molecule has 5 fully saturated rings. The Morgan fingerprint density at radius 2 is 0.755 bits per heavy atom. The summed E-state index contributed by atoms with van der Waals surface area (Å²) in [5.41, 5.74) is -0.300. The molecule has 536 valence electrons. The summed E-state index contributed by atoms with van der Waals surface area (Å²) in [5.74, 6) is -0.0376. The second-order valence-electron chi connectivity index (χ2n) is 23.2. The van der Waals surface area contributed by atoms with E-state index in [9.17, 15) is 86.4 Å². The van der Waals surface area contributed by atoms with Gasteiger partial charge in [-0.05, 0) is 27.7 Å². The Labute approximate surface area is 546 Å². The lowest BCUT2D eigenvalue weighted by molar-refractivity contribution is -0.0646. The number of H-pyrrole nitrogens is 4. The van der Waals surface area contributed by atoms with Gasteiger partial charge in [0.25, 0.3) is 22.2 Å². The van der Waals surface area contributed by atoms with Crippen LogP contribution in [0.3, 0.4) is 0 Å². The van der Waals surface area contributed by atoms with Gasteiger partial charge in [-0.25, -0.2) is 52.4 Å². The zero-order valence-corrected chi connectivity index (χ0v) is 55.1. The van der Waals surface area contributed by atoms with Gasteiger partial charge in [0.15, 0.2) is 11.5 Å². The average Bonchev–Trinajstić information content (AvgIpc) is 1.63. The number of rotatable bonds is 26. The van der Waals surface area contributed by atoms with E-state index in [-0.39, 0.29) is 58.5 Å². The Bertz CT molecular complexity index is 4700. The lowest BCUT2D eigenvalue weighted by Gasteiger charge is -2.25. The number of phosphoric ester groups is 4. The van der Waals surface area contributed by atoms with Crippen molar-refractivity contribution < 1.29 is 108 Å². The zero-order valence-electron chi connectivity index (χ0n) is 51.5. The molecule has 5 aliphatic heterocycles. The summed E-state index contributed by atoms with van der Waals surface area (Å²) in [6.07, 6.45) is -17.3. The Kier molecular flexibility index (Phi) is 21.2. The van der Waals surface area contributed by atoms with Gasteiger partial charge in [0.05, 0.1) is 45.5 Å². The summed E-state index contributed by atoms with van der Waals surface area (Å²) in [5, 5.41) is 20.9. The van der Waals surface area contributed by atoms with Gasteiger partial charge in [-0.3, -0.25) is 98.1 Å². The number of aliphatic hydroxyl groups is 2. The Morgan fingerprint density at radius 3 is 1.10 bits per heavy atom. The van der Waals surface area contributed by atoms with Crippen molar-refractivity contribution in [1.82, 2.24) is 57.7 Å². The third kappa shape index (κ3) is 16.3. The van der Waals surface area contributed by atoms with E-state index in [1.54, 1.807) is 0 Å². The highest BCUT2D eigenvalue weighted by atomic mass is 31.2. The quantitative estimate of drug-likeness (QED) is 0.0253. The van der Waals surface area contributed by atoms with Crippen molar-refractivity contribution in [2.24, 2.45) is 0 Å². The summed E-state index contributed by atoms with van der Waals surface area (Å²) in [4.78, 5) is 166. The van der Waals surface area contributed by atoms with E-state index >= 15 is 0 Å². The second kappa shape index (κ2) is 28.7. The number of fused-ring (bicyclic) bond motifs is 1. The average molecular weight is 1470 g/mol. The van der Waals surface area contributed by atoms with Crippen molar-refractivity contribution in [3.63, 3.8) is 0 Å². The van der Waals surface area contributed by atoms with Crippen molar-refractivity contribution in [2.75, 3.05) is 38.8 Å². The van der Waals surface area contributed by atoms with Gasteiger partial charge in [-0.15, -0.1) is 0 Å². The van der Waals surface area contributed by atoms with Crippen molar-refractivity contribution >= 4 is 48.3 Å². The van der Waals surface area contributed by atoms with Crippen molar-refractivity contribution in [1.29, 1.82) is 0 Å². The number of anilines is 1. The molecule has 5 aliphatic rings. The number of aromatic nitrogens is 12. The summed E-state index contributed by atoms with van der Waals surface area (Å²) >= 11 is 0. The lowest BCUT2D eigenvalue weighted by Crippen LogP contribution is -2.33. The normalized spacial score (nSPS) is 29.8. The molecule has 4 unspecified atom stereocenters. The van der Waals surface area contributed by atoms with E-state index in [0.29, 0.717) is 0 Å². The van der Waals surface area contributed by atoms with Crippen molar-refractivity contribution in [3.05, 3.63) is 143 Å². The smallest absolute Gasteiger partial charge is 0.394 e. The van der Waals surface area contributed by atoms with E-state index < -0.39 is 214 Å². The molecule has 48 heteroatoms. The summed E-state index contributed by atoms with van der Waals surface area (Å²) in [6.45, 7) is 0.739. The Morgan fingerprint density at radius 1 is 0.459 bits per heavy atom. The maximum atomic E-state index is 14.2. The summed E-state index contributed by atoms with van der Waals surface area (Å²) in [6, 6.07) is 0. The minimum absolute atomic E-state index is 0.00000198. The first kappa shape index (κ1) is 72.5. The number of phosphoric acid groups is 4. The zero-order chi connectivity index (χ0) is 70.7.